The summed E-state index contributed by atoms with van der Waals surface area (Å²) in [7, 11) is -3.53. The second kappa shape index (κ2) is 8.35. The van der Waals surface area contributed by atoms with Crippen molar-refractivity contribution in [2.75, 3.05) is 18.4 Å². The van der Waals surface area contributed by atoms with E-state index in [0.29, 0.717) is 41.6 Å². The summed E-state index contributed by atoms with van der Waals surface area (Å²) in [5.41, 5.74) is 1.27. The normalized spacial score (nSPS) is 21.5. The molecule has 0 bridgehead atoms. The Morgan fingerprint density at radius 1 is 1.19 bits per heavy atom. The first kappa shape index (κ1) is 19.1. The molecule has 1 aromatic carbocycles. The van der Waals surface area contributed by atoms with Crippen molar-refractivity contribution >= 4 is 21.6 Å². The van der Waals surface area contributed by atoms with Crippen molar-refractivity contribution in [3.8, 4) is 0 Å². The van der Waals surface area contributed by atoms with Gasteiger partial charge in [0.25, 0.3) is 0 Å². The summed E-state index contributed by atoms with van der Waals surface area (Å²) >= 11 is 0. The van der Waals surface area contributed by atoms with Gasteiger partial charge in [-0.25, -0.2) is 8.42 Å². The molecule has 5 nitrogen and oxygen atoms in total. The van der Waals surface area contributed by atoms with Gasteiger partial charge >= 0.3 is 0 Å². The molecule has 1 aromatic rings. The first-order valence-corrected chi connectivity index (χ1v) is 11.0. The Hall–Kier alpha value is -1.66. The lowest BCUT2D eigenvalue weighted by atomic mass is 10.1. The summed E-state index contributed by atoms with van der Waals surface area (Å²) < 4.78 is 27.8. The fourth-order valence-electron chi connectivity index (χ4n) is 3.69. The van der Waals surface area contributed by atoms with E-state index in [1.807, 2.05) is 0 Å². The zero-order valence-corrected chi connectivity index (χ0v) is 16.2. The van der Waals surface area contributed by atoms with Crippen LogP contribution >= 0.6 is 0 Å². The molecule has 0 radical (unpaired) electrons. The molecule has 6 heteroatoms. The SMILES string of the molecule is Cc1ccc(NC(=O)C[C@@H]2C=CCC2)cc1S(=O)(=O)N1CCCCCC1. The number of nitrogens with zero attached hydrogens (tertiary/aromatic N) is 1. The maximum absolute atomic E-state index is 13.1. The van der Waals surface area contributed by atoms with Gasteiger partial charge in [-0.1, -0.05) is 31.1 Å². The number of carbonyl (C=O) groups is 1. The van der Waals surface area contributed by atoms with Crippen molar-refractivity contribution in [3.05, 3.63) is 35.9 Å². The lowest BCUT2D eigenvalue weighted by molar-refractivity contribution is -0.116. The molecule has 1 fully saturated rings. The average molecular weight is 377 g/mol. The van der Waals surface area contributed by atoms with Crippen molar-refractivity contribution in [2.24, 2.45) is 5.92 Å². The Balaban J connectivity index is 1.76. The third-order valence-corrected chi connectivity index (χ3v) is 7.26. The van der Waals surface area contributed by atoms with Crippen LogP contribution in [0.3, 0.4) is 0 Å². The number of carbonyl (C=O) groups excluding carboxylic acids is 1. The van der Waals surface area contributed by atoms with Gasteiger partial charge in [0.05, 0.1) is 4.90 Å². The van der Waals surface area contributed by atoms with Crippen molar-refractivity contribution in [1.29, 1.82) is 0 Å². The molecule has 1 aliphatic carbocycles. The molecule has 1 amide bonds. The van der Waals surface area contributed by atoms with Crippen LogP contribution in [0.15, 0.2) is 35.2 Å². The van der Waals surface area contributed by atoms with Gasteiger partial charge in [0.2, 0.25) is 15.9 Å². The van der Waals surface area contributed by atoms with Crippen molar-refractivity contribution in [2.45, 2.75) is 56.8 Å². The Morgan fingerprint density at radius 3 is 2.58 bits per heavy atom. The second-order valence-electron chi connectivity index (χ2n) is 7.32. The molecular weight excluding hydrogens is 348 g/mol. The quantitative estimate of drug-likeness (QED) is 0.794. The number of rotatable bonds is 5. The molecule has 26 heavy (non-hydrogen) atoms. The van der Waals surface area contributed by atoms with E-state index in [4.69, 9.17) is 0 Å². The monoisotopic (exact) mass is 376 g/mol. The molecule has 1 N–H and O–H groups in total. The lowest BCUT2D eigenvalue weighted by Gasteiger charge is -2.21. The number of hydrogen-bond acceptors (Lipinski definition) is 3. The number of benzene rings is 1. The third kappa shape index (κ3) is 4.54. The topological polar surface area (TPSA) is 66.5 Å². The zero-order chi connectivity index (χ0) is 18.6. The fourth-order valence-corrected chi connectivity index (χ4v) is 5.46. The highest BCUT2D eigenvalue weighted by molar-refractivity contribution is 7.89. The van der Waals surface area contributed by atoms with E-state index in [1.54, 1.807) is 29.4 Å². The van der Waals surface area contributed by atoms with Crippen LogP contribution in [0, 0.1) is 12.8 Å². The zero-order valence-electron chi connectivity index (χ0n) is 15.4. The number of amides is 1. The van der Waals surface area contributed by atoms with Crippen molar-refractivity contribution in [1.82, 2.24) is 4.31 Å². The van der Waals surface area contributed by atoms with E-state index >= 15 is 0 Å². The summed E-state index contributed by atoms with van der Waals surface area (Å²) in [6.45, 7) is 2.96. The minimum Gasteiger partial charge on any atom is -0.326 e. The molecule has 1 aliphatic heterocycles. The van der Waals surface area contributed by atoms with Gasteiger partial charge in [-0.15, -0.1) is 0 Å². The third-order valence-electron chi connectivity index (χ3n) is 5.21. The maximum Gasteiger partial charge on any atom is 0.243 e. The van der Waals surface area contributed by atoms with E-state index in [0.717, 1.165) is 38.5 Å². The molecule has 0 saturated carbocycles. The highest BCUT2D eigenvalue weighted by Gasteiger charge is 2.27. The molecule has 1 atom stereocenters. The molecule has 0 unspecified atom stereocenters. The molecule has 3 rings (SSSR count). The standard InChI is InChI=1S/C20H28N2O3S/c1-16-10-11-18(21-20(23)14-17-8-4-5-9-17)15-19(16)26(24,25)22-12-6-2-3-7-13-22/h4,8,10-11,15,17H,2-3,5-7,9,12-14H2,1H3,(H,21,23)/t17-/m1/s1. The van der Waals surface area contributed by atoms with E-state index in [2.05, 4.69) is 17.5 Å². The Labute approximate surface area is 156 Å². The van der Waals surface area contributed by atoms with Gasteiger partial charge < -0.3 is 5.32 Å². The molecule has 1 saturated heterocycles. The van der Waals surface area contributed by atoms with Crippen LogP contribution in [0.5, 0.6) is 0 Å². The second-order valence-corrected chi connectivity index (χ2v) is 9.22. The van der Waals surface area contributed by atoms with Crippen LogP contribution < -0.4 is 5.32 Å². The Kier molecular flexibility index (Phi) is 6.14. The first-order valence-electron chi connectivity index (χ1n) is 9.54. The van der Waals surface area contributed by atoms with Gasteiger partial charge in [-0.3, -0.25) is 4.79 Å². The summed E-state index contributed by atoms with van der Waals surface area (Å²) in [6, 6.07) is 5.16. The number of nitrogens with one attached hydrogen (secondary N) is 1. The van der Waals surface area contributed by atoms with Gasteiger partial charge in [0.1, 0.15) is 0 Å². The highest BCUT2D eigenvalue weighted by Crippen LogP contribution is 2.26. The first-order chi connectivity index (χ1) is 12.5. The number of aryl methyl sites for hydroxylation is 1. The lowest BCUT2D eigenvalue weighted by Crippen LogP contribution is -2.32. The molecule has 0 spiro atoms. The largest absolute Gasteiger partial charge is 0.326 e. The predicted octanol–water partition coefficient (Wildman–Crippen LogP) is 3.85. The number of anilines is 1. The Bertz CT molecular complexity index is 778. The maximum atomic E-state index is 13.1. The van der Waals surface area contributed by atoms with E-state index in [1.165, 1.54) is 0 Å². The highest BCUT2D eigenvalue weighted by atomic mass is 32.2. The van der Waals surface area contributed by atoms with Crippen LogP contribution in [-0.4, -0.2) is 31.7 Å². The molecule has 0 aromatic heterocycles. The van der Waals surface area contributed by atoms with Gasteiger partial charge in [0.15, 0.2) is 0 Å². The minimum absolute atomic E-state index is 0.0662. The summed E-state index contributed by atoms with van der Waals surface area (Å²) in [4.78, 5) is 12.6. The molecular formula is C20H28N2O3S. The van der Waals surface area contributed by atoms with Gasteiger partial charge in [-0.2, -0.15) is 4.31 Å². The van der Waals surface area contributed by atoms with E-state index < -0.39 is 10.0 Å². The number of allylic oxidation sites excluding steroid dienone is 2. The molecule has 1 heterocycles. The minimum atomic E-state index is -3.53. The van der Waals surface area contributed by atoms with Gasteiger partial charge in [-0.05, 0) is 56.2 Å². The average Bonchev–Trinajstić information content (AvgIpc) is 2.94. The summed E-state index contributed by atoms with van der Waals surface area (Å²) in [6.07, 6.45) is 10.6. The van der Waals surface area contributed by atoms with Crippen molar-refractivity contribution in [3.63, 3.8) is 0 Å². The summed E-state index contributed by atoms with van der Waals surface area (Å²) in [5, 5.41) is 2.87. The fraction of sp³-hybridized carbons (Fsp3) is 0.550. The van der Waals surface area contributed by atoms with Crippen LogP contribution in [0.25, 0.3) is 0 Å². The van der Waals surface area contributed by atoms with Crippen LogP contribution in [0.1, 0.15) is 50.5 Å². The Morgan fingerprint density at radius 2 is 1.92 bits per heavy atom. The van der Waals surface area contributed by atoms with Crippen LogP contribution in [-0.2, 0) is 14.8 Å². The molecule has 2 aliphatic rings. The van der Waals surface area contributed by atoms with E-state index in [-0.39, 0.29) is 5.91 Å². The van der Waals surface area contributed by atoms with E-state index in [9.17, 15) is 13.2 Å². The van der Waals surface area contributed by atoms with Crippen molar-refractivity contribution < 1.29 is 13.2 Å². The van der Waals surface area contributed by atoms with Crippen LogP contribution in [0.4, 0.5) is 5.69 Å². The molecule has 142 valence electrons. The number of hydrogen-bond donors (Lipinski definition) is 1. The smallest absolute Gasteiger partial charge is 0.243 e. The predicted molar refractivity (Wildman–Crippen MR) is 104 cm³/mol. The van der Waals surface area contributed by atoms with Gasteiger partial charge in [0, 0.05) is 25.2 Å². The number of sulfonamides is 1. The van der Waals surface area contributed by atoms with Crippen LogP contribution in [0.2, 0.25) is 0 Å². The summed E-state index contributed by atoms with van der Waals surface area (Å²) in [5.74, 6) is 0.226.